The van der Waals surface area contributed by atoms with E-state index in [4.69, 9.17) is 13.6 Å². The molecular formula is C102H135O4P. The van der Waals surface area contributed by atoms with Crippen molar-refractivity contribution < 1.29 is 18.1 Å². The summed E-state index contributed by atoms with van der Waals surface area (Å²) in [5.41, 5.74) is 22.8. The summed E-state index contributed by atoms with van der Waals surface area (Å²) in [7, 11) is -5.16. The number of phosphoric ester groups is 1. The van der Waals surface area contributed by atoms with Crippen molar-refractivity contribution in [1.29, 1.82) is 0 Å². The molecule has 5 heteroatoms. The molecule has 0 aliphatic rings. The first-order chi connectivity index (χ1) is 48.5. The largest absolute Gasteiger partial charge is 0.647 e. The predicted octanol–water partition coefficient (Wildman–Crippen LogP) is 30.9. The maximum Gasteiger partial charge on any atom is 0.647 e. The molecule has 9 aromatic rings. The third-order valence-corrected chi connectivity index (χ3v) is 22.8. The minimum absolute atomic E-state index is 0.124. The molecule has 0 atom stereocenters. The lowest BCUT2D eigenvalue weighted by Gasteiger charge is -2.32. The van der Waals surface area contributed by atoms with Crippen LogP contribution in [0.1, 0.15) is 316 Å². The molecule has 0 fully saturated rings. The quantitative estimate of drug-likeness (QED) is 0.114. The Morgan fingerprint density at radius 1 is 0.187 bits per heavy atom. The standard InChI is InChI=1S/C102H135O4P/c1-91(2,3)64-46-52-70(79(58-64)97(19,20)21)73-40-37-43-85(88(73)76-55-49-67(94(10,11)12)61-82(76)100(28,29)30)104-107(103,105-86-44-38-41-74(71-53-47-65(92(4,5)6)59-80(71)98(22,23)24)89(86)77-56-50-68(95(13,14)15)62-83(77)101(31,32)33)106-87-45-39-42-75(72-54-48-66(93(7,8)9)60-81(72)99(25,26)27)90(87)78-57-51-69(96(16,17)18)63-84(78)102(34,35)36/h37-63H,1-36H3. The highest BCUT2D eigenvalue weighted by Gasteiger charge is 2.42. The van der Waals surface area contributed by atoms with Crippen LogP contribution in [0.4, 0.5) is 0 Å². The van der Waals surface area contributed by atoms with Gasteiger partial charge in [-0.15, -0.1) is 0 Å². The number of hydrogen-bond acceptors (Lipinski definition) is 4. The van der Waals surface area contributed by atoms with Gasteiger partial charge >= 0.3 is 7.82 Å². The summed E-state index contributed by atoms with van der Waals surface area (Å²) in [4.78, 5) is 0. The summed E-state index contributed by atoms with van der Waals surface area (Å²) in [6.07, 6.45) is 0. The van der Waals surface area contributed by atoms with Gasteiger partial charge in [-0.05, 0) is 200 Å². The van der Waals surface area contributed by atoms with Gasteiger partial charge in [-0.3, -0.25) is 0 Å². The van der Waals surface area contributed by atoms with E-state index in [2.05, 4.69) is 395 Å². The first kappa shape index (κ1) is 83.6. The number of benzene rings is 9. The van der Waals surface area contributed by atoms with E-state index in [0.29, 0.717) is 17.2 Å². The molecule has 572 valence electrons. The molecule has 0 aliphatic carbocycles. The lowest BCUT2D eigenvalue weighted by molar-refractivity contribution is 0.299. The van der Waals surface area contributed by atoms with Crippen molar-refractivity contribution in [2.24, 2.45) is 0 Å². The molecule has 0 spiro atoms. The Labute approximate surface area is 650 Å². The van der Waals surface area contributed by atoms with E-state index >= 15 is 4.57 Å². The molecular weight excluding hydrogens is 1320 g/mol. The smallest absolute Gasteiger partial charge is 0.385 e. The zero-order chi connectivity index (χ0) is 80.3. The first-order valence-electron chi connectivity index (χ1n) is 39.5. The van der Waals surface area contributed by atoms with Crippen LogP contribution in [0.25, 0.3) is 66.8 Å². The van der Waals surface area contributed by atoms with E-state index in [1.54, 1.807) is 0 Å². The number of rotatable bonds is 12. The van der Waals surface area contributed by atoms with Gasteiger partial charge in [0.25, 0.3) is 0 Å². The van der Waals surface area contributed by atoms with Gasteiger partial charge in [0.2, 0.25) is 0 Å². The zero-order valence-corrected chi connectivity index (χ0v) is 74.1. The molecule has 9 aromatic carbocycles. The monoisotopic (exact) mass is 1460 g/mol. The van der Waals surface area contributed by atoms with Crippen molar-refractivity contribution in [1.82, 2.24) is 0 Å². The minimum atomic E-state index is -5.16. The van der Waals surface area contributed by atoms with Gasteiger partial charge in [-0.1, -0.05) is 395 Å². The summed E-state index contributed by atoms with van der Waals surface area (Å²) < 4.78 is 42.4. The Morgan fingerprint density at radius 2 is 0.346 bits per heavy atom. The van der Waals surface area contributed by atoms with Crippen LogP contribution in [0.3, 0.4) is 0 Å². The van der Waals surface area contributed by atoms with Crippen LogP contribution in [0.2, 0.25) is 0 Å². The molecule has 0 saturated carbocycles. The minimum Gasteiger partial charge on any atom is -0.385 e. The molecule has 0 saturated heterocycles. The Bertz CT molecular complexity index is 4350. The van der Waals surface area contributed by atoms with Gasteiger partial charge in [0.1, 0.15) is 17.2 Å². The Morgan fingerprint density at radius 3 is 0.505 bits per heavy atom. The molecule has 0 aliphatic heterocycles. The van der Waals surface area contributed by atoms with E-state index < -0.39 is 7.82 Å². The van der Waals surface area contributed by atoms with Crippen LogP contribution in [0, 0.1) is 0 Å². The molecule has 0 bridgehead atoms. The van der Waals surface area contributed by atoms with Crippen molar-refractivity contribution in [2.45, 2.75) is 314 Å². The lowest BCUT2D eigenvalue weighted by Crippen LogP contribution is -2.19. The van der Waals surface area contributed by atoms with E-state index in [9.17, 15) is 0 Å². The van der Waals surface area contributed by atoms with Crippen LogP contribution in [0.5, 0.6) is 17.2 Å². The number of phosphoric acid groups is 1. The molecule has 4 nitrogen and oxygen atoms in total. The Hall–Kier alpha value is -7.39. The maximum atomic E-state index is 18.7. The highest BCUT2D eigenvalue weighted by atomic mass is 31.2. The normalized spacial score (nSPS) is 13.6. The predicted molar refractivity (Wildman–Crippen MR) is 466 cm³/mol. The zero-order valence-electron chi connectivity index (χ0n) is 73.2. The molecule has 0 heterocycles. The topological polar surface area (TPSA) is 44.8 Å². The average Bonchev–Trinajstić information content (AvgIpc) is 0.747. The molecule has 9 rings (SSSR count). The maximum absolute atomic E-state index is 18.7. The second kappa shape index (κ2) is 28.5. The summed E-state index contributed by atoms with van der Waals surface area (Å²) in [5.74, 6) is 1.10. The third kappa shape index (κ3) is 18.4. The summed E-state index contributed by atoms with van der Waals surface area (Å²) in [5, 5.41) is 0. The Kier molecular flexibility index (Phi) is 22.3. The van der Waals surface area contributed by atoms with Crippen molar-refractivity contribution in [2.75, 3.05) is 0 Å². The lowest BCUT2D eigenvalue weighted by atomic mass is 9.74. The van der Waals surface area contributed by atoms with Gasteiger partial charge < -0.3 is 13.6 Å². The summed E-state index contributed by atoms with van der Waals surface area (Å²) >= 11 is 0. The third-order valence-electron chi connectivity index (χ3n) is 21.5. The summed E-state index contributed by atoms with van der Waals surface area (Å²) in [6, 6.07) is 60.7. The fourth-order valence-corrected chi connectivity index (χ4v) is 16.2. The summed E-state index contributed by atoms with van der Waals surface area (Å²) in [6.45, 7) is 82.5. The van der Waals surface area contributed by atoms with E-state index in [-0.39, 0.29) is 65.0 Å². The molecule has 0 N–H and O–H groups in total. The molecule has 0 radical (unpaired) electrons. The van der Waals surface area contributed by atoms with E-state index in [0.717, 1.165) is 83.5 Å². The SMILES string of the molecule is CC(C)(C)c1ccc(-c2cccc(OP(=O)(Oc3cccc(-c4ccc(C(C)(C)C)cc4C(C)(C)C)c3-c3ccc(C(C)(C)C)cc3C(C)(C)C)Oc3cccc(-c4ccc(C(C)(C)C)cc4C(C)(C)C)c3-c3ccc(C(C)(C)C)cc3C(C)(C)C)c2-c2ccc(C(C)(C)C)cc2C(C)(C)C)c(C(C)(C)C)c1. The fraction of sp³-hybridized carbons (Fsp3) is 0.471. The average molecular weight is 1460 g/mol. The molecule has 0 aromatic heterocycles. The van der Waals surface area contributed by atoms with Gasteiger partial charge in [0, 0.05) is 16.7 Å². The van der Waals surface area contributed by atoms with Crippen LogP contribution >= 0.6 is 7.82 Å². The van der Waals surface area contributed by atoms with Gasteiger partial charge in [-0.2, -0.15) is 4.57 Å². The van der Waals surface area contributed by atoms with Crippen molar-refractivity contribution in [3.8, 4) is 84.0 Å². The van der Waals surface area contributed by atoms with Gasteiger partial charge in [-0.25, -0.2) is 0 Å². The van der Waals surface area contributed by atoms with Crippen LogP contribution in [0.15, 0.2) is 164 Å². The number of hydrogen-bond donors (Lipinski definition) is 0. The highest BCUT2D eigenvalue weighted by molar-refractivity contribution is 7.49. The second-order valence-electron chi connectivity index (χ2n) is 43.3. The van der Waals surface area contributed by atoms with Crippen molar-refractivity contribution >= 4 is 7.82 Å². The van der Waals surface area contributed by atoms with Crippen molar-refractivity contribution in [3.63, 3.8) is 0 Å². The van der Waals surface area contributed by atoms with Gasteiger partial charge in [0.15, 0.2) is 0 Å². The highest BCUT2D eigenvalue weighted by Crippen LogP contribution is 2.60. The fourth-order valence-electron chi connectivity index (χ4n) is 14.9. The van der Waals surface area contributed by atoms with E-state index in [1.807, 2.05) is 18.2 Å². The molecule has 107 heavy (non-hydrogen) atoms. The van der Waals surface area contributed by atoms with Crippen LogP contribution in [-0.4, -0.2) is 0 Å². The van der Waals surface area contributed by atoms with E-state index in [1.165, 1.54) is 50.1 Å². The van der Waals surface area contributed by atoms with Crippen LogP contribution < -0.4 is 13.6 Å². The molecule has 0 unspecified atom stereocenters. The first-order valence-corrected chi connectivity index (χ1v) is 41.0. The molecule has 0 amide bonds. The van der Waals surface area contributed by atoms with Crippen molar-refractivity contribution in [3.05, 3.63) is 231 Å². The second-order valence-corrected chi connectivity index (χ2v) is 44.8. The van der Waals surface area contributed by atoms with Gasteiger partial charge in [0.05, 0.1) is 0 Å². The Balaban J connectivity index is 1.52. The van der Waals surface area contributed by atoms with Crippen LogP contribution in [-0.2, 0) is 69.5 Å².